The second kappa shape index (κ2) is 11.2. The van der Waals surface area contributed by atoms with Crippen LogP contribution in [0, 0.1) is 0 Å². The van der Waals surface area contributed by atoms with Gasteiger partial charge in [-0.25, -0.2) is 0 Å². The molecule has 0 fully saturated rings. The largest absolute Gasteiger partial charge is 0.454 e. The van der Waals surface area contributed by atoms with Crippen molar-refractivity contribution in [2.24, 2.45) is 0 Å². The van der Waals surface area contributed by atoms with Crippen LogP contribution >= 0.6 is 0 Å². The minimum Gasteiger partial charge on any atom is -0.454 e. The molecular weight excluding hydrogens is 655 g/mol. The molecule has 10 aromatic carbocycles. The van der Waals surface area contributed by atoms with Crippen LogP contribution in [-0.2, 0) is 0 Å². The summed E-state index contributed by atoms with van der Waals surface area (Å²) >= 11 is 0. The van der Waals surface area contributed by atoms with E-state index < -0.39 is 0 Å². The highest BCUT2D eigenvalue weighted by Gasteiger charge is 2.21. The lowest BCUT2D eigenvalue weighted by molar-refractivity contribution is 0.671. The van der Waals surface area contributed by atoms with Gasteiger partial charge in [0.05, 0.1) is 11.0 Å². The maximum atomic E-state index is 6.62. The van der Waals surface area contributed by atoms with E-state index in [1.165, 1.54) is 76.1 Å². The predicted octanol–water partition coefficient (Wildman–Crippen LogP) is 14.6. The molecule has 250 valence electrons. The van der Waals surface area contributed by atoms with Crippen molar-refractivity contribution in [3.05, 3.63) is 188 Å². The van der Waals surface area contributed by atoms with Crippen LogP contribution in [0.15, 0.2) is 192 Å². The van der Waals surface area contributed by atoms with Crippen molar-refractivity contribution >= 4 is 86.8 Å². The van der Waals surface area contributed by atoms with E-state index >= 15 is 0 Å². The molecule has 2 heterocycles. The first-order chi connectivity index (χ1) is 26.8. The molecule has 0 bridgehead atoms. The summed E-state index contributed by atoms with van der Waals surface area (Å²) < 4.78 is 9.00. The molecule has 0 saturated heterocycles. The van der Waals surface area contributed by atoms with Crippen LogP contribution < -0.4 is 0 Å². The zero-order valence-electron chi connectivity index (χ0n) is 29.3. The van der Waals surface area contributed by atoms with Crippen molar-refractivity contribution < 1.29 is 4.42 Å². The Morgan fingerprint density at radius 1 is 0.352 bits per heavy atom. The molecule has 0 saturated carbocycles. The highest BCUT2D eigenvalue weighted by atomic mass is 16.3. The Labute approximate surface area is 310 Å². The van der Waals surface area contributed by atoms with Crippen LogP contribution in [0.5, 0.6) is 0 Å². The second-order valence-corrected chi connectivity index (χ2v) is 14.4. The summed E-state index contributed by atoms with van der Waals surface area (Å²) in [6, 6.07) is 68.5. The fraction of sp³-hybridized carbons (Fsp3) is 0. The van der Waals surface area contributed by atoms with Gasteiger partial charge in [0.25, 0.3) is 0 Å². The SMILES string of the molecule is c1ccc2c(c1)cc(-c1c3ccccc3c(-c3ccc(-n4c5ccccc5c5ccc6c7ccccc7oc6c54)cc3)c3ccccc13)c1ccccc12. The van der Waals surface area contributed by atoms with E-state index in [9.17, 15) is 0 Å². The average Bonchev–Trinajstić information content (AvgIpc) is 3.79. The van der Waals surface area contributed by atoms with Gasteiger partial charge < -0.3 is 8.98 Å². The smallest absolute Gasteiger partial charge is 0.160 e. The molecule has 0 unspecified atom stereocenters. The Kier molecular flexibility index (Phi) is 6.09. The normalized spacial score (nSPS) is 12.1. The molecular formula is C52H31NO. The number of hydrogen-bond donors (Lipinski definition) is 0. The fourth-order valence-electron chi connectivity index (χ4n) is 9.27. The van der Waals surface area contributed by atoms with Gasteiger partial charge >= 0.3 is 0 Å². The lowest BCUT2D eigenvalue weighted by Crippen LogP contribution is -1.95. The van der Waals surface area contributed by atoms with Crippen LogP contribution in [-0.4, -0.2) is 4.57 Å². The molecule has 54 heavy (non-hydrogen) atoms. The summed E-state index contributed by atoms with van der Waals surface area (Å²) in [6.45, 7) is 0. The summed E-state index contributed by atoms with van der Waals surface area (Å²) in [4.78, 5) is 0. The third-order valence-electron chi connectivity index (χ3n) is 11.6. The quantitative estimate of drug-likeness (QED) is 0.134. The highest BCUT2D eigenvalue weighted by Crippen LogP contribution is 2.47. The maximum Gasteiger partial charge on any atom is 0.160 e. The summed E-state index contributed by atoms with van der Waals surface area (Å²) in [5.74, 6) is 0. The van der Waals surface area contributed by atoms with Crippen molar-refractivity contribution in [2.75, 3.05) is 0 Å². The minimum atomic E-state index is 0.908. The molecule has 0 aliphatic heterocycles. The van der Waals surface area contributed by atoms with E-state index in [1.54, 1.807) is 0 Å². The minimum absolute atomic E-state index is 0.908. The van der Waals surface area contributed by atoms with Crippen LogP contribution in [0.2, 0.25) is 0 Å². The number of hydrogen-bond acceptors (Lipinski definition) is 1. The third kappa shape index (κ3) is 4.05. The van der Waals surface area contributed by atoms with Crippen molar-refractivity contribution in [2.45, 2.75) is 0 Å². The lowest BCUT2D eigenvalue weighted by atomic mass is 9.84. The van der Waals surface area contributed by atoms with Gasteiger partial charge in [0.15, 0.2) is 5.58 Å². The highest BCUT2D eigenvalue weighted by molar-refractivity contribution is 6.26. The van der Waals surface area contributed by atoms with E-state index in [2.05, 4.69) is 187 Å². The number of benzene rings is 10. The fourth-order valence-corrected chi connectivity index (χ4v) is 9.27. The van der Waals surface area contributed by atoms with Crippen molar-refractivity contribution in [3.8, 4) is 27.9 Å². The molecule has 12 rings (SSSR count). The van der Waals surface area contributed by atoms with Crippen LogP contribution in [0.25, 0.3) is 115 Å². The van der Waals surface area contributed by atoms with Crippen molar-refractivity contribution in [1.29, 1.82) is 0 Å². The number of aromatic nitrogens is 1. The van der Waals surface area contributed by atoms with E-state index in [1.807, 2.05) is 6.07 Å². The first kappa shape index (κ1) is 29.4. The average molecular weight is 686 g/mol. The van der Waals surface area contributed by atoms with Gasteiger partial charge in [0.2, 0.25) is 0 Å². The zero-order chi connectivity index (χ0) is 35.3. The standard InChI is InChI=1S/C52H31NO/c1-2-14-35-33(13-1)31-46(37-16-4-3-15-36(35)37)50-42-21-7-5-19-40(42)49(41-20-6-8-22-43(41)50)32-25-27-34(28-26-32)53-47-23-11-9-17-38(47)44-29-30-45-39-18-10-12-24-48(39)54-52(45)51(44)53/h1-31H. The molecule has 0 atom stereocenters. The Bertz CT molecular complexity index is 3430. The summed E-state index contributed by atoms with van der Waals surface area (Å²) in [7, 11) is 0. The summed E-state index contributed by atoms with van der Waals surface area (Å²) in [5.41, 5.74) is 10.2. The van der Waals surface area contributed by atoms with Gasteiger partial charge in [0.1, 0.15) is 5.58 Å². The third-order valence-corrected chi connectivity index (χ3v) is 11.6. The van der Waals surface area contributed by atoms with Gasteiger partial charge in [-0.1, -0.05) is 152 Å². The number of nitrogens with zero attached hydrogens (tertiary/aromatic N) is 1. The van der Waals surface area contributed by atoms with E-state index in [0.717, 1.165) is 38.7 Å². The number of fused-ring (bicyclic) bond motifs is 12. The van der Waals surface area contributed by atoms with E-state index in [0.29, 0.717) is 0 Å². The molecule has 0 N–H and O–H groups in total. The molecule has 0 radical (unpaired) electrons. The molecule has 2 heteroatoms. The monoisotopic (exact) mass is 685 g/mol. The Morgan fingerprint density at radius 3 is 1.61 bits per heavy atom. The van der Waals surface area contributed by atoms with Crippen LogP contribution in [0.1, 0.15) is 0 Å². The Balaban J connectivity index is 1.11. The van der Waals surface area contributed by atoms with E-state index in [-0.39, 0.29) is 0 Å². The molecule has 2 nitrogen and oxygen atoms in total. The lowest BCUT2D eigenvalue weighted by Gasteiger charge is -2.20. The first-order valence-electron chi connectivity index (χ1n) is 18.6. The van der Waals surface area contributed by atoms with E-state index in [4.69, 9.17) is 4.42 Å². The van der Waals surface area contributed by atoms with Gasteiger partial charge in [0, 0.05) is 27.2 Å². The van der Waals surface area contributed by atoms with Crippen molar-refractivity contribution in [1.82, 2.24) is 4.57 Å². The van der Waals surface area contributed by atoms with Gasteiger partial charge in [-0.15, -0.1) is 0 Å². The Hall–Kier alpha value is -7.16. The molecule has 0 spiro atoms. The first-order valence-corrected chi connectivity index (χ1v) is 18.6. The predicted molar refractivity (Wildman–Crippen MR) is 229 cm³/mol. The Morgan fingerprint density at radius 2 is 0.889 bits per heavy atom. The second-order valence-electron chi connectivity index (χ2n) is 14.4. The molecule has 0 amide bonds. The molecule has 2 aromatic heterocycles. The molecule has 0 aliphatic rings. The van der Waals surface area contributed by atoms with Gasteiger partial charge in [-0.2, -0.15) is 0 Å². The number of furan rings is 1. The van der Waals surface area contributed by atoms with Gasteiger partial charge in [-0.05, 0) is 102 Å². The topological polar surface area (TPSA) is 18.1 Å². The summed E-state index contributed by atoms with van der Waals surface area (Å²) in [5, 5.41) is 14.8. The maximum absolute atomic E-state index is 6.62. The number of para-hydroxylation sites is 2. The summed E-state index contributed by atoms with van der Waals surface area (Å²) in [6.07, 6.45) is 0. The number of rotatable bonds is 3. The molecule has 12 aromatic rings. The van der Waals surface area contributed by atoms with Crippen LogP contribution in [0.3, 0.4) is 0 Å². The van der Waals surface area contributed by atoms with Crippen molar-refractivity contribution in [3.63, 3.8) is 0 Å². The van der Waals surface area contributed by atoms with Crippen LogP contribution in [0.4, 0.5) is 0 Å². The van der Waals surface area contributed by atoms with Gasteiger partial charge in [-0.3, -0.25) is 0 Å². The molecule has 0 aliphatic carbocycles. The zero-order valence-corrected chi connectivity index (χ0v) is 29.3.